The van der Waals surface area contributed by atoms with Crippen molar-refractivity contribution in [1.82, 2.24) is 30.4 Å². The number of fused-ring (bicyclic) bond motifs is 16. The van der Waals surface area contributed by atoms with E-state index in [2.05, 4.69) is 27.2 Å². The maximum atomic E-state index is 15.4. The van der Waals surface area contributed by atoms with E-state index in [1.807, 2.05) is 18.7 Å². The molecule has 24 atom stereocenters. The number of nitrogens with one attached hydrogen (secondary N) is 2. The Morgan fingerprint density at radius 3 is 1.35 bits per heavy atom. The van der Waals surface area contributed by atoms with Crippen LogP contribution in [0.4, 0.5) is 23.2 Å². The van der Waals surface area contributed by atoms with Gasteiger partial charge in [0.2, 0.25) is 0 Å². The topological polar surface area (TPSA) is 429 Å². The maximum absolute atomic E-state index is 15.4. The number of benzene rings is 2. The number of likely N-dealkylation sites (tertiary alicyclic amines) is 1. The summed E-state index contributed by atoms with van der Waals surface area (Å²) in [7, 11) is 3.20. The van der Waals surface area contributed by atoms with E-state index >= 15 is 8.78 Å². The quantitative estimate of drug-likeness (QED) is 0.0272. The molecule has 5 aliphatic heterocycles. The van der Waals surface area contributed by atoms with Gasteiger partial charge in [-0.3, -0.25) is 24.5 Å². The number of carbonyl (C=O) groups excluding carboxylic acids is 9. The van der Waals surface area contributed by atoms with Gasteiger partial charge >= 0.3 is 54.1 Å². The molecule has 4 saturated carbocycles. The molecule has 2 aromatic carbocycles. The summed E-state index contributed by atoms with van der Waals surface area (Å²) in [5, 5.41) is 56.0. The number of aromatic nitrogens is 2. The van der Waals surface area contributed by atoms with Crippen molar-refractivity contribution in [3.8, 4) is 0 Å². The third-order valence-electron chi connectivity index (χ3n) is 28.4. The second-order valence-electron chi connectivity index (χ2n) is 39.9. The van der Waals surface area contributed by atoms with E-state index < -0.39 is 255 Å². The fraction of sp³-hybridized carbons (Fsp3) is 0.611. The zero-order valence-corrected chi connectivity index (χ0v) is 76.9. The van der Waals surface area contributed by atoms with Crippen LogP contribution in [-0.4, -0.2) is 267 Å². The Balaban J connectivity index is 0.000000213. The second-order valence-corrected chi connectivity index (χ2v) is 39.9. The van der Waals surface area contributed by atoms with E-state index in [0.29, 0.717) is 61.1 Å². The lowest BCUT2D eigenvalue weighted by Gasteiger charge is -2.68. The van der Waals surface area contributed by atoms with Crippen LogP contribution in [0.2, 0.25) is 0 Å². The van der Waals surface area contributed by atoms with Crippen molar-refractivity contribution in [2.24, 2.45) is 33.5 Å². The van der Waals surface area contributed by atoms with Crippen molar-refractivity contribution in [3.05, 3.63) is 166 Å². The lowest BCUT2D eigenvalue weighted by atomic mass is 9.45. The van der Waals surface area contributed by atoms with E-state index in [0.717, 1.165) is 12.1 Å². The number of esters is 6. The Morgan fingerprint density at radius 1 is 0.580 bits per heavy atom. The third kappa shape index (κ3) is 17.8. The summed E-state index contributed by atoms with van der Waals surface area (Å²) in [4.78, 5) is 134. The number of rotatable bonds is 20. The number of pyridine rings is 2. The molecule has 712 valence electrons. The summed E-state index contributed by atoms with van der Waals surface area (Å²) in [5.41, 5.74) is -12.8. The highest BCUT2D eigenvalue weighted by molar-refractivity contribution is 5.90. The number of amides is 3. The zero-order chi connectivity index (χ0) is 95.3. The number of ether oxygens (including phenoxy) is 15. The van der Waals surface area contributed by atoms with Crippen LogP contribution in [0.25, 0.3) is 0 Å². The molecule has 4 bridgehead atoms. The lowest BCUT2D eigenvalue weighted by molar-refractivity contribution is -0.345. The van der Waals surface area contributed by atoms with Crippen molar-refractivity contribution < 1.29 is 143 Å². The second kappa shape index (κ2) is 36.1. The number of carbonyl (C=O) groups is 9. The molecule has 0 unspecified atom stereocenters. The number of nitrogens with zero attached hydrogens (tertiary/aromatic N) is 4. The minimum absolute atomic E-state index is 0.0705. The molecule has 131 heavy (non-hydrogen) atoms. The highest BCUT2D eigenvalue weighted by Crippen LogP contribution is 2.70. The zero-order valence-electron chi connectivity index (χ0n) is 76.9. The fourth-order valence-corrected chi connectivity index (χ4v) is 22.1. The van der Waals surface area contributed by atoms with Crippen molar-refractivity contribution >= 4 is 54.1 Å². The summed E-state index contributed by atoms with van der Waals surface area (Å²) >= 11 is 0. The van der Waals surface area contributed by atoms with Crippen molar-refractivity contribution in [2.45, 2.75) is 287 Å². The highest BCUT2D eigenvalue weighted by Gasteiger charge is 2.80. The highest BCUT2D eigenvalue weighted by atomic mass is 19.1. The van der Waals surface area contributed by atoms with E-state index in [4.69, 9.17) is 71.1 Å². The Kier molecular flexibility index (Phi) is 26.7. The van der Waals surface area contributed by atoms with Gasteiger partial charge in [0.25, 0.3) is 0 Å². The fourth-order valence-electron chi connectivity index (χ4n) is 22.1. The SMILES string of the molecule is C=C[C@@H]1O[C@@H]2C3=C(C)[C@@H](OC(=O)[C@H](O)[C@@H](NC(=O)OC(C)(C)C)c4ncccc4F)C[C@@](O)([C@@H](OC(=O)c4ccccc4)[C@H]4[C@@](C)(CC[C@H]5OC[C@]54OC(C)=O)[C@@H]2O1)C3(C)C.CC(=O)O[C@@]12CO[C@@H]1CC[C@@]1(C)[C@@H]3O[C@H](CN4CC(OC(=O)N(C)C)C4)O[C@@H]3C3=C(C)[C@@H](OC(=O)[C@H](O)[C@@H](NC(=O)OC(C)(C)C)c4ncccc4F)C[C@@](O)([C@@H](OC(=O)c4ccccc4)[C@@H]12)C3(C)C. The van der Waals surface area contributed by atoms with Gasteiger partial charge in [0, 0.05) is 94.5 Å². The van der Waals surface area contributed by atoms with Crippen LogP contribution in [0.15, 0.2) is 132 Å². The Hall–Kier alpha value is -9.99. The summed E-state index contributed by atoms with van der Waals surface area (Å²) in [5.74, 6) is -9.32. The molecule has 0 radical (unpaired) electrons. The van der Waals surface area contributed by atoms with Crippen LogP contribution in [0.5, 0.6) is 0 Å². The molecule has 0 spiro atoms. The summed E-state index contributed by atoms with van der Waals surface area (Å²) < 4.78 is 125. The molecule has 11 aliphatic rings. The third-order valence-corrected chi connectivity index (χ3v) is 28.4. The number of aliphatic hydroxyl groups is 4. The van der Waals surface area contributed by atoms with Gasteiger partial charge in [-0.2, -0.15) is 0 Å². The molecule has 4 aromatic rings. The van der Waals surface area contributed by atoms with E-state index in [1.54, 1.807) is 158 Å². The van der Waals surface area contributed by atoms with E-state index in [9.17, 15) is 63.6 Å². The standard InChI is InChI=1S/C50H65FN4O15.C45H55FN2O13/c1-26-31(65-43(59)37(57)36(35-30(51)17-14-20-52-35)53-44(60)70-46(3,4)5)21-50(62)41(68-42(58)28-15-12-11-13-16-28)39-48(8,19-18-32-49(39,25-63-32)69-27(2)56)40-38(34(26)47(50,6)7)66-33(67-40)24-55-22-29(23-55)64-45(61)54(9)10;1-10-29-57-34-30-23(2)27(56-39(52)33(50)32(31-26(46)17-14-20-47-31)48-40(53)61-41(4,5)6)21-45(54,42(30,7)8)37(59-38(51)25-15-12-11-13-16-25)35-43(9,36(34)58-29)19-18-28-44(35,22-55-28)60-24(3)49/h11-17,20,29,31-33,36-41,57,62H,18-19,21-25H2,1-10H3,(H,53,60);10-17,20,27-29,32-37,50,54H,1,18-19,21-22H2,2-9H3,(H,48,53)/t31-,32+,33+,36-,37+,38+,39-,40+,41-,48+,49-,50+;27-,28+,29+,32-,33+,34+,35-,36+,37-,43+,44-,45+/m00/s1. The van der Waals surface area contributed by atoms with Gasteiger partial charge in [0.1, 0.15) is 112 Å². The van der Waals surface area contributed by atoms with Gasteiger partial charge in [0.05, 0.1) is 48.4 Å². The predicted octanol–water partition coefficient (Wildman–Crippen LogP) is 9.57. The van der Waals surface area contributed by atoms with Crippen LogP contribution in [0, 0.1) is 45.1 Å². The molecule has 36 heteroatoms. The van der Waals surface area contributed by atoms with Crippen molar-refractivity contribution in [1.29, 1.82) is 0 Å². The van der Waals surface area contributed by atoms with Gasteiger partial charge in [-0.1, -0.05) is 84.5 Å². The minimum Gasteiger partial charge on any atom is -0.456 e. The number of halogens is 2. The number of aliphatic hydroxyl groups excluding tert-OH is 2. The normalized spacial score (nSPS) is 33.9. The average Bonchev–Trinajstić information content (AvgIpc) is 1.66. The Morgan fingerprint density at radius 2 is 0.985 bits per heavy atom. The van der Waals surface area contributed by atoms with Gasteiger partial charge in [-0.25, -0.2) is 42.3 Å². The Bertz CT molecular complexity index is 5120. The summed E-state index contributed by atoms with van der Waals surface area (Å²) in [6.45, 7) is 31.4. The monoisotopic (exact) mass is 1830 g/mol. The maximum Gasteiger partial charge on any atom is 0.409 e. The van der Waals surface area contributed by atoms with Gasteiger partial charge < -0.3 is 107 Å². The first-order valence-electron chi connectivity index (χ1n) is 44.2. The number of hydrogen-bond donors (Lipinski definition) is 6. The first-order chi connectivity index (χ1) is 61.4. The molecular weight excluding hydrogens is 1710 g/mol. The Labute approximate surface area is 758 Å². The van der Waals surface area contributed by atoms with Gasteiger partial charge in [0.15, 0.2) is 36.0 Å². The van der Waals surface area contributed by atoms with E-state index in [1.165, 1.54) is 49.3 Å². The molecule has 2 aromatic heterocycles. The number of alkyl carbamates (subject to hydrolysis) is 2. The van der Waals surface area contributed by atoms with Crippen LogP contribution >= 0.6 is 0 Å². The van der Waals surface area contributed by atoms with Crippen LogP contribution < -0.4 is 10.6 Å². The van der Waals surface area contributed by atoms with Crippen molar-refractivity contribution in [2.75, 3.05) is 46.9 Å². The van der Waals surface area contributed by atoms with E-state index in [-0.39, 0.29) is 37.0 Å². The van der Waals surface area contributed by atoms with Crippen LogP contribution in [-0.2, 0) is 90.2 Å². The summed E-state index contributed by atoms with van der Waals surface area (Å²) in [6, 6.07) is 17.6. The van der Waals surface area contributed by atoms with Gasteiger partial charge in [-0.05, 0) is 158 Å². The molecule has 9 fully saturated rings. The van der Waals surface area contributed by atoms with Gasteiger partial charge in [-0.15, -0.1) is 0 Å². The summed E-state index contributed by atoms with van der Waals surface area (Å²) in [6.07, 6.45) is -15.2. The average molecular weight is 1830 g/mol. The molecule has 34 nitrogen and oxygen atoms in total. The van der Waals surface area contributed by atoms with Crippen LogP contribution in [0.1, 0.15) is 193 Å². The predicted molar refractivity (Wildman–Crippen MR) is 456 cm³/mol. The molecule has 15 rings (SSSR count). The smallest absolute Gasteiger partial charge is 0.409 e. The molecule has 6 N–H and O–H groups in total. The first-order valence-corrected chi connectivity index (χ1v) is 44.2. The molecule has 3 amide bonds. The molecule has 5 saturated heterocycles. The first kappa shape index (κ1) is 97.0. The van der Waals surface area contributed by atoms with Crippen LogP contribution in [0.3, 0.4) is 0 Å². The largest absolute Gasteiger partial charge is 0.456 e. The minimum atomic E-state index is -2.28. The molecule has 7 heterocycles. The molecular formula is C95H120F2N6O28. The number of hydrogen-bond acceptors (Lipinski definition) is 31. The molecule has 6 aliphatic carbocycles. The van der Waals surface area contributed by atoms with Crippen molar-refractivity contribution in [3.63, 3.8) is 0 Å². The lowest BCUT2D eigenvalue weighted by Crippen LogP contribution is -2.79.